The lowest BCUT2D eigenvalue weighted by molar-refractivity contribution is -0.112. The summed E-state index contributed by atoms with van der Waals surface area (Å²) in [6, 6.07) is 16.7. The van der Waals surface area contributed by atoms with Gasteiger partial charge in [0.05, 0.1) is 29.2 Å². The summed E-state index contributed by atoms with van der Waals surface area (Å²) in [6.07, 6.45) is 0. The van der Waals surface area contributed by atoms with E-state index in [4.69, 9.17) is 4.74 Å². The highest BCUT2D eigenvalue weighted by atomic mass is 16.5. The molecule has 0 saturated heterocycles. The largest absolute Gasteiger partial charge is 0.380 e. The number of nitrogens with zero attached hydrogens (tertiary/aromatic N) is 2. The van der Waals surface area contributed by atoms with Gasteiger partial charge in [-0.1, -0.05) is 30.3 Å². The van der Waals surface area contributed by atoms with Gasteiger partial charge in [0.15, 0.2) is 0 Å². The van der Waals surface area contributed by atoms with Gasteiger partial charge in [-0.05, 0) is 43.7 Å². The number of ether oxygens (including phenoxy) is 1. The molecule has 1 amide bonds. The van der Waals surface area contributed by atoms with Crippen molar-refractivity contribution in [3.8, 4) is 5.69 Å². The molecule has 0 atom stereocenters. The number of carbonyl (C=O) groups is 2. The predicted molar refractivity (Wildman–Crippen MR) is 103 cm³/mol. The minimum atomic E-state index is -0.691. The van der Waals surface area contributed by atoms with Gasteiger partial charge in [0, 0.05) is 12.8 Å². The number of ketones is 1. The summed E-state index contributed by atoms with van der Waals surface area (Å²) in [6.45, 7) is 3.94. The van der Waals surface area contributed by atoms with Crippen LogP contribution in [0.2, 0.25) is 0 Å². The zero-order valence-corrected chi connectivity index (χ0v) is 15.5. The van der Waals surface area contributed by atoms with Crippen LogP contribution in [0.15, 0.2) is 54.6 Å². The lowest BCUT2D eigenvalue weighted by Gasteiger charge is -2.07. The molecule has 0 radical (unpaired) electrons. The number of anilines is 1. The van der Waals surface area contributed by atoms with Crippen molar-refractivity contribution in [1.82, 2.24) is 9.78 Å². The van der Waals surface area contributed by atoms with Crippen molar-refractivity contribution in [1.29, 1.82) is 0 Å². The summed E-state index contributed by atoms with van der Waals surface area (Å²) in [5, 5.41) is 7.09. The van der Waals surface area contributed by atoms with Gasteiger partial charge in [-0.3, -0.25) is 9.59 Å². The van der Waals surface area contributed by atoms with Gasteiger partial charge in [0.2, 0.25) is 0 Å². The van der Waals surface area contributed by atoms with Gasteiger partial charge in [-0.25, -0.2) is 4.68 Å². The number of para-hydroxylation sites is 1. The third-order valence-corrected chi connectivity index (χ3v) is 4.22. The Kier molecular flexibility index (Phi) is 5.47. The SMILES string of the molecule is COCc1cccc(NC(=O)C(=O)c2c(C)nn(-c3ccccc3)c2C)c1. The van der Waals surface area contributed by atoms with Crippen molar-refractivity contribution in [3.05, 3.63) is 77.1 Å². The average molecular weight is 363 g/mol. The number of aryl methyl sites for hydroxylation is 1. The molecule has 6 nitrogen and oxygen atoms in total. The number of benzene rings is 2. The molecule has 3 aromatic rings. The highest BCUT2D eigenvalue weighted by Crippen LogP contribution is 2.19. The van der Waals surface area contributed by atoms with Crippen LogP contribution >= 0.6 is 0 Å². The fourth-order valence-electron chi connectivity index (χ4n) is 3.00. The Morgan fingerprint density at radius 1 is 1.07 bits per heavy atom. The van der Waals surface area contributed by atoms with Crippen LogP contribution in [0.1, 0.15) is 27.3 Å². The van der Waals surface area contributed by atoms with Gasteiger partial charge in [-0.2, -0.15) is 5.10 Å². The number of hydrogen-bond acceptors (Lipinski definition) is 4. The topological polar surface area (TPSA) is 73.2 Å². The molecule has 0 fully saturated rings. The maximum atomic E-state index is 12.8. The van der Waals surface area contributed by atoms with Crippen molar-refractivity contribution in [2.24, 2.45) is 0 Å². The summed E-state index contributed by atoms with van der Waals surface area (Å²) >= 11 is 0. The van der Waals surface area contributed by atoms with Crippen LogP contribution in [0.3, 0.4) is 0 Å². The first kappa shape index (κ1) is 18.5. The molecule has 1 aromatic heterocycles. The zero-order valence-electron chi connectivity index (χ0n) is 15.5. The third kappa shape index (κ3) is 3.96. The van der Waals surface area contributed by atoms with Crippen molar-refractivity contribution >= 4 is 17.4 Å². The number of carbonyl (C=O) groups excluding carboxylic acids is 2. The van der Waals surface area contributed by atoms with Gasteiger partial charge < -0.3 is 10.1 Å². The van der Waals surface area contributed by atoms with E-state index in [-0.39, 0.29) is 0 Å². The van der Waals surface area contributed by atoms with Gasteiger partial charge in [0.25, 0.3) is 11.7 Å². The summed E-state index contributed by atoms with van der Waals surface area (Å²) in [4.78, 5) is 25.3. The van der Waals surface area contributed by atoms with E-state index < -0.39 is 11.7 Å². The van der Waals surface area contributed by atoms with E-state index in [1.54, 1.807) is 43.8 Å². The van der Waals surface area contributed by atoms with Crippen LogP contribution in [0.4, 0.5) is 5.69 Å². The van der Waals surface area contributed by atoms with Gasteiger partial charge in [-0.15, -0.1) is 0 Å². The van der Waals surface area contributed by atoms with Crippen molar-refractivity contribution in [2.75, 3.05) is 12.4 Å². The number of nitrogens with one attached hydrogen (secondary N) is 1. The first-order valence-corrected chi connectivity index (χ1v) is 8.56. The zero-order chi connectivity index (χ0) is 19.4. The quantitative estimate of drug-likeness (QED) is 0.538. The Labute approximate surface area is 157 Å². The lowest BCUT2D eigenvalue weighted by atomic mass is 10.1. The van der Waals surface area contributed by atoms with Crippen LogP contribution < -0.4 is 5.32 Å². The van der Waals surface area contributed by atoms with Crippen LogP contribution in [0, 0.1) is 13.8 Å². The second kappa shape index (κ2) is 7.97. The van der Waals surface area contributed by atoms with E-state index in [1.165, 1.54) is 0 Å². The van der Waals surface area contributed by atoms with Gasteiger partial charge >= 0.3 is 0 Å². The molecule has 0 aliphatic heterocycles. The minimum Gasteiger partial charge on any atom is -0.380 e. The Hall–Kier alpha value is -3.25. The Morgan fingerprint density at radius 2 is 1.81 bits per heavy atom. The average Bonchev–Trinajstić information content (AvgIpc) is 2.96. The summed E-state index contributed by atoms with van der Waals surface area (Å²) in [5.74, 6) is -1.30. The second-order valence-electron chi connectivity index (χ2n) is 6.21. The summed E-state index contributed by atoms with van der Waals surface area (Å²) in [5.41, 5.74) is 3.77. The Balaban J connectivity index is 1.84. The van der Waals surface area contributed by atoms with E-state index in [0.717, 1.165) is 11.3 Å². The van der Waals surface area contributed by atoms with Crippen molar-refractivity contribution < 1.29 is 14.3 Å². The number of Topliss-reactive ketones (excluding diaryl/α,β-unsaturated/α-hetero) is 1. The number of rotatable bonds is 6. The Morgan fingerprint density at radius 3 is 2.52 bits per heavy atom. The number of aromatic nitrogens is 2. The molecule has 1 heterocycles. The third-order valence-electron chi connectivity index (χ3n) is 4.22. The minimum absolute atomic E-state index is 0.324. The van der Waals surface area contributed by atoms with Crippen LogP contribution in [-0.4, -0.2) is 28.6 Å². The fraction of sp³-hybridized carbons (Fsp3) is 0.190. The highest BCUT2D eigenvalue weighted by Gasteiger charge is 2.25. The smallest absolute Gasteiger partial charge is 0.296 e. The molecule has 27 heavy (non-hydrogen) atoms. The molecule has 1 N–H and O–H groups in total. The second-order valence-corrected chi connectivity index (χ2v) is 6.21. The summed E-state index contributed by atoms with van der Waals surface area (Å²) < 4.78 is 6.77. The molecule has 0 unspecified atom stereocenters. The maximum absolute atomic E-state index is 12.8. The normalized spacial score (nSPS) is 10.6. The molecule has 0 aliphatic rings. The molecular weight excluding hydrogens is 342 g/mol. The fourth-order valence-corrected chi connectivity index (χ4v) is 3.00. The van der Waals surface area contributed by atoms with Crippen molar-refractivity contribution in [2.45, 2.75) is 20.5 Å². The lowest BCUT2D eigenvalue weighted by Crippen LogP contribution is -2.24. The molecule has 6 heteroatoms. The standard InChI is InChI=1S/C21H21N3O3/c1-14-19(15(2)24(23-14)18-10-5-4-6-11-18)20(25)21(26)22-17-9-7-8-16(12-17)13-27-3/h4-12H,13H2,1-3H3,(H,22,26). The molecule has 0 bridgehead atoms. The van der Waals surface area contributed by atoms with E-state index >= 15 is 0 Å². The highest BCUT2D eigenvalue weighted by molar-refractivity contribution is 6.47. The molecule has 2 aromatic carbocycles. The summed E-state index contributed by atoms with van der Waals surface area (Å²) in [7, 11) is 1.60. The molecular formula is C21H21N3O3. The first-order valence-electron chi connectivity index (χ1n) is 8.56. The van der Waals surface area contributed by atoms with Crippen LogP contribution in [0.5, 0.6) is 0 Å². The molecule has 138 valence electrons. The first-order chi connectivity index (χ1) is 13.0. The number of amides is 1. The molecule has 0 aliphatic carbocycles. The molecule has 3 rings (SSSR count). The van der Waals surface area contributed by atoms with Gasteiger partial charge in [0.1, 0.15) is 0 Å². The number of methoxy groups -OCH3 is 1. The van der Waals surface area contributed by atoms with E-state index in [0.29, 0.717) is 29.2 Å². The van der Waals surface area contributed by atoms with E-state index in [1.807, 2.05) is 36.4 Å². The maximum Gasteiger partial charge on any atom is 0.296 e. The number of hydrogen-bond donors (Lipinski definition) is 1. The Bertz CT molecular complexity index is 978. The molecule has 0 spiro atoms. The van der Waals surface area contributed by atoms with Crippen LogP contribution in [0.25, 0.3) is 5.69 Å². The van der Waals surface area contributed by atoms with E-state index in [9.17, 15) is 9.59 Å². The molecule has 0 saturated carbocycles. The predicted octanol–water partition coefficient (Wildman–Crippen LogP) is 3.46. The van der Waals surface area contributed by atoms with Crippen LogP contribution in [-0.2, 0) is 16.1 Å². The monoisotopic (exact) mass is 363 g/mol. The van der Waals surface area contributed by atoms with Crippen molar-refractivity contribution in [3.63, 3.8) is 0 Å². The van der Waals surface area contributed by atoms with E-state index in [2.05, 4.69) is 10.4 Å².